The molecule has 4 nitrogen and oxygen atoms in total. The second-order valence-electron chi connectivity index (χ2n) is 7.00. The van der Waals surface area contributed by atoms with Crippen LogP contribution in [0.25, 0.3) is 0 Å². The Bertz CT molecular complexity index is 810. The first kappa shape index (κ1) is 20.8. The molecule has 0 bridgehead atoms. The lowest BCUT2D eigenvalue weighted by Gasteiger charge is -2.36. The van der Waals surface area contributed by atoms with Gasteiger partial charge in [0.25, 0.3) is 0 Å². The molecule has 0 radical (unpaired) electrons. The molecule has 0 heterocycles. The monoisotopic (exact) mass is 387 g/mol. The van der Waals surface area contributed by atoms with Gasteiger partial charge < -0.3 is 14.9 Å². The van der Waals surface area contributed by atoms with Crippen molar-refractivity contribution < 1.29 is 14.9 Å². The highest BCUT2D eigenvalue weighted by Crippen LogP contribution is 2.40. The summed E-state index contributed by atoms with van der Waals surface area (Å²) in [6.45, 7) is 0.0151. The van der Waals surface area contributed by atoms with Gasteiger partial charge in [0.15, 0.2) is 0 Å². The van der Waals surface area contributed by atoms with Crippen LogP contribution in [0.15, 0.2) is 91.0 Å². The summed E-state index contributed by atoms with van der Waals surface area (Å²) in [6.07, 6.45) is -1.70. The fourth-order valence-corrected chi connectivity index (χ4v) is 3.56. The number of benzene rings is 3. The van der Waals surface area contributed by atoms with Gasteiger partial charge in [-0.05, 0) is 16.7 Å². The lowest BCUT2D eigenvalue weighted by atomic mass is 9.80. The molecule has 3 rings (SSSR count). The lowest BCUT2D eigenvalue weighted by molar-refractivity contribution is -0.0501. The van der Waals surface area contributed by atoms with Gasteiger partial charge in [0.05, 0.1) is 31.3 Å². The van der Waals surface area contributed by atoms with E-state index in [2.05, 4.69) is 0 Å². The largest absolute Gasteiger partial charge is 0.392 e. The molecule has 0 aliphatic rings. The summed E-state index contributed by atoms with van der Waals surface area (Å²) in [5, 5.41) is 29.0. The SMILES string of the molecule is N#CC[C@H](O)C[C@H](O)COC(c1ccccc1)(c1ccccc1)c1ccccc1. The Hall–Kier alpha value is -2.97. The first-order valence-electron chi connectivity index (χ1n) is 9.70. The molecule has 148 valence electrons. The van der Waals surface area contributed by atoms with Gasteiger partial charge in [0, 0.05) is 6.42 Å². The first-order valence-corrected chi connectivity index (χ1v) is 9.70. The van der Waals surface area contributed by atoms with Crippen molar-refractivity contribution in [2.75, 3.05) is 6.61 Å². The third kappa shape index (κ3) is 4.90. The number of hydrogen-bond acceptors (Lipinski definition) is 4. The van der Waals surface area contributed by atoms with Crippen molar-refractivity contribution in [3.63, 3.8) is 0 Å². The Labute approximate surface area is 171 Å². The van der Waals surface area contributed by atoms with Gasteiger partial charge in [0.2, 0.25) is 0 Å². The number of hydrogen-bond donors (Lipinski definition) is 2. The van der Waals surface area contributed by atoms with Gasteiger partial charge in [-0.1, -0.05) is 91.0 Å². The van der Waals surface area contributed by atoms with E-state index in [1.54, 1.807) is 0 Å². The molecular weight excluding hydrogens is 362 g/mol. The molecule has 0 aliphatic carbocycles. The second-order valence-corrected chi connectivity index (χ2v) is 7.00. The van der Waals surface area contributed by atoms with Crippen molar-refractivity contribution in [2.24, 2.45) is 0 Å². The molecule has 0 saturated carbocycles. The fraction of sp³-hybridized carbons (Fsp3) is 0.240. The van der Waals surface area contributed by atoms with Crippen LogP contribution in [-0.2, 0) is 10.3 Å². The average molecular weight is 387 g/mol. The Morgan fingerprint density at radius 3 is 1.52 bits per heavy atom. The highest BCUT2D eigenvalue weighted by atomic mass is 16.5. The van der Waals surface area contributed by atoms with E-state index in [0.717, 1.165) is 16.7 Å². The van der Waals surface area contributed by atoms with Crippen LogP contribution in [0.3, 0.4) is 0 Å². The molecule has 2 atom stereocenters. The normalized spacial score (nSPS) is 13.4. The molecule has 0 amide bonds. The maximum absolute atomic E-state index is 10.5. The van der Waals surface area contributed by atoms with E-state index in [-0.39, 0.29) is 19.4 Å². The molecule has 4 heteroatoms. The van der Waals surface area contributed by atoms with Crippen molar-refractivity contribution >= 4 is 0 Å². The van der Waals surface area contributed by atoms with Gasteiger partial charge in [-0.15, -0.1) is 0 Å². The molecule has 0 unspecified atom stereocenters. The minimum Gasteiger partial charge on any atom is -0.392 e. The zero-order valence-electron chi connectivity index (χ0n) is 16.2. The summed E-state index contributed by atoms with van der Waals surface area (Å²) in [5.74, 6) is 0. The maximum atomic E-state index is 10.5. The van der Waals surface area contributed by atoms with Crippen molar-refractivity contribution in [3.05, 3.63) is 108 Å². The Kier molecular flexibility index (Phi) is 7.15. The molecular formula is C25H25NO3. The number of aliphatic hydroxyl groups excluding tert-OH is 2. The number of ether oxygens (including phenoxy) is 1. The molecule has 3 aromatic carbocycles. The van der Waals surface area contributed by atoms with E-state index < -0.39 is 17.8 Å². The minimum absolute atomic E-state index is 0.0151. The summed E-state index contributed by atoms with van der Waals surface area (Å²) in [5.41, 5.74) is 1.93. The van der Waals surface area contributed by atoms with Crippen LogP contribution >= 0.6 is 0 Å². The van der Waals surface area contributed by atoms with Crippen LogP contribution in [0, 0.1) is 11.3 Å². The van der Waals surface area contributed by atoms with Crippen LogP contribution < -0.4 is 0 Å². The van der Waals surface area contributed by atoms with Gasteiger partial charge in [0.1, 0.15) is 5.60 Å². The Balaban J connectivity index is 2.02. The minimum atomic E-state index is -0.912. The summed E-state index contributed by atoms with van der Waals surface area (Å²) in [7, 11) is 0. The maximum Gasteiger partial charge on any atom is 0.143 e. The molecule has 0 spiro atoms. The van der Waals surface area contributed by atoms with Crippen molar-refractivity contribution in [3.8, 4) is 6.07 Å². The first-order chi connectivity index (χ1) is 14.2. The van der Waals surface area contributed by atoms with Gasteiger partial charge in [-0.25, -0.2) is 0 Å². The molecule has 0 saturated heterocycles. The quantitative estimate of drug-likeness (QED) is 0.544. The highest BCUT2D eigenvalue weighted by Gasteiger charge is 2.38. The zero-order chi connectivity index (χ0) is 20.5. The molecule has 2 N–H and O–H groups in total. The number of rotatable bonds is 9. The fourth-order valence-electron chi connectivity index (χ4n) is 3.56. The second kappa shape index (κ2) is 9.99. The Morgan fingerprint density at radius 2 is 1.14 bits per heavy atom. The van der Waals surface area contributed by atoms with Crippen molar-refractivity contribution in [2.45, 2.75) is 30.7 Å². The Morgan fingerprint density at radius 1 is 0.724 bits per heavy atom. The summed E-state index contributed by atoms with van der Waals surface area (Å²) in [6, 6.07) is 31.6. The van der Waals surface area contributed by atoms with E-state index >= 15 is 0 Å². The molecule has 0 aliphatic heterocycles. The van der Waals surface area contributed by atoms with Crippen LogP contribution in [0.2, 0.25) is 0 Å². The lowest BCUT2D eigenvalue weighted by Crippen LogP contribution is -2.36. The topological polar surface area (TPSA) is 73.5 Å². The number of aliphatic hydroxyl groups is 2. The van der Waals surface area contributed by atoms with Crippen LogP contribution in [0.5, 0.6) is 0 Å². The van der Waals surface area contributed by atoms with Gasteiger partial charge >= 0.3 is 0 Å². The van der Waals surface area contributed by atoms with Gasteiger partial charge in [-0.2, -0.15) is 5.26 Å². The summed E-state index contributed by atoms with van der Waals surface area (Å²) < 4.78 is 6.48. The van der Waals surface area contributed by atoms with Crippen LogP contribution in [0.1, 0.15) is 29.5 Å². The van der Waals surface area contributed by atoms with E-state index in [1.807, 2.05) is 97.1 Å². The van der Waals surface area contributed by atoms with Crippen molar-refractivity contribution in [1.29, 1.82) is 5.26 Å². The third-order valence-corrected chi connectivity index (χ3v) is 4.90. The summed E-state index contributed by atoms with van der Waals surface area (Å²) in [4.78, 5) is 0. The molecule has 3 aromatic rings. The molecule has 0 fully saturated rings. The van der Waals surface area contributed by atoms with E-state index in [4.69, 9.17) is 10.00 Å². The van der Waals surface area contributed by atoms with Crippen molar-refractivity contribution in [1.82, 2.24) is 0 Å². The highest BCUT2D eigenvalue weighted by molar-refractivity contribution is 5.47. The van der Waals surface area contributed by atoms with Crippen LogP contribution in [-0.4, -0.2) is 29.0 Å². The zero-order valence-corrected chi connectivity index (χ0v) is 16.2. The van der Waals surface area contributed by atoms with E-state index in [0.29, 0.717) is 0 Å². The van der Waals surface area contributed by atoms with Gasteiger partial charge in [-0.3, -0.25) is 0 Å². The summed E-state index contributed by atoms with van der Waals surface area (Å²) >= 11 is 0. The predicted molar refractivity (Wildman–Crippen MR) is 112 cm³/mol. The number of nitrogens with zero attached hydrogens (tertiary/aromatic N) is 1. The van der Waals surface area contributed by atoms with E-state index in [9.17, 15) is 10.2 Å². The van der Waals surface area contributed by atoms with E-state index in [1.165, 1.54) is 0 Å². The molecule has 29 heavy (non-hydrogen) atoms. The average Bonchev–Trinajstić information content (AvgIpc) is 2.76. The smallest absolute Gasteiger partial charge is 0.143 e. The van der Waals surface area contributed by atoms with Crippen LogP contribution in [0.4, 0.5) is 0 Å². The molecule has 0 aromatic heterocycles. The standard InChI is InChI=1S/C25H25NO3/c26-17-16-23(27)18-24(28)19-29-25(20-10-4-1-5-11-20,21-12-6-2-7-13-21)22-14-8-3-9-15-22/h1-15,23-24,27-28H,16,18-19H2/t23-,24-/m0/s1. The number of nitriles is 1. The predicted octanol–water partition coefficient (Wildman–Crippen LogP) is 4.02. The third-order valence-electron chi connectivity index (χ3n) is 4.90.